The normalized spacial score (nSPS) is 10.9. The molecule has 108 valence electrons. The zero-order valence-corrected chi connectivity index (χ0v) is 12.0. The van der Waals surface area contributed by atoms with Crippen LogP contribution in [0.5, 0.6) is 0 Å². The number of imidazole rings is 1. The number of unbranched alkanes of at least 4 members (excludes halogenated alkanes) is 3. The van der Waals surface area contributed by atoms with Gasteiger partial charge in [-0.2, -0.15) is 0 Å². The van der Waals surface area contributed by atoms with Crippen LogP contribution in [0.1, 0.15) is 37.2 Å². The van der Waals surface area contributed by atoms with Gasteiger partial charge in [0.1, 0.15) is 11.6 Å². The second kappa shape index (κ2) is 7.20. The van der Waals surface area contributed by atoms with E-state index in [4.69, 9.17) is 5.73 Å². The molecule has 1 aromatic heterocycles. The fourth-order valence-corrected chi connectivity index (χ4v) is 2.32. The van der Waals surface area contributed by atoms with Gasteiger partial charge in [0.15, 0.2) is 0 Å². The summed E-state index contributed by atoms with van der Waals surface area (Å²) in [5, 5.41) is 0. The largest absolute Gasteiger partial charge is 0.346 e. The zero-order chi connectivity index (χ0) is 14.4. The average Bonchev–Trinajstić information content (AvgIpc) is 2.81. The number of nitrogens with two attached hydrogens (primary N) is 1. The highest BCUT2D eigenvalue weighted by Crippen LogP contribution is 2.22. The number of hydrogen-bond acceptors (Lipinski definition) is 2. The van der Waals surface area contributed by atoms with Gasteiger partial charge >= 0.3 is 0 Å². The smallest absolute Gasteiger partial charge is 0.123 e. The first-order valence-electron chi connectivity index (χ1n) is 7.22. The molecule has 1 heterocycles. The minimum atomic E-state index is -0.220. The Morgan fingerprint density at radius 1 is 1.10 bits per heavy atom. The highest BCUT2D eigenvalue weighted by atomic mass is 19.1. The second-order valence-electron chi connectivity index (χ2n) is 5.12. The number of nitrogens with one attached hydrogen (secondary N) is 1. The summed E-state index contributed by atoms with van der Waals surface area (Å²) in [6, 6.07) is 6.47. The van der Waals surface area contributed by atoms with E-state index in [1.165, 1.54) is 25.0 Å². The highest BCUT2D eigenvalue weighted by molar-refractivity contribution is 5.61. The molecular weight excluding hydrogens is 253 g/mol. The van der Waals surface area contributed by atoms with Crippen LogP contribution in [-0.4, -0.2) is 16.5 Å². The lowest BCUT2D eigenvalue weighted by atomic mass is 10.1. The topological polar surface area (TPSA) is 54.7 Å². The molecule has 20 heavy (non-hydrogen) atoms. The lowest BCUT2D eigenvalue weighted by molar-refractivity contribution is 0.628. The summed E-state index contributed by atoms with van der Waals surface area (Å²) in [7, 11) is 0. The molecule has 2 rings (SSSR count). The number of H-pyrrole nitrogens is 1. The number of aromatic nitrogens is 2. The Bertz CT molecular complexity index is 531. The highest BCUT2D eigenvalue weighted by Gasteiger charge is 2.08. The van der Waals surface area contributed by atoms with Gasteiger partial charge in [0.25, 0.3) is 0 Å². The molecule has 3 N–H and O–H groups in total. The van der Waals surface area contributed by atoms with Crippen molar-refractivity contribution in [1.82, 2.24) is 9.97 Å². The van der Waals surface area contributed by atoms with Crippen LogP contribution in [-0.2, 0) is 6.42 Å². The third-order valence-corrected chi connectivity index (χ3v) is 3.42. The summed E-state index contributed by atoms with van der Waals surface area (Å²) in [4.78, 5) is 7.94. The van der Waals surface area contributed by atoms with Crippen molar-refractivity contribution in [3.05, 3.63) is 41.6 Å². The Morgan fingerprint density at radius 2 is 1.80 bits per heavy atom. The maximum atomic E-state index is 12.9. The SMILES string of the molecule is Cc1[nH]c(CCCCCCN)nc1-c1ccc(F)cc1. The Balaban J connectivity index is 1.97. The van der Waals surface area contributed by atoms with Crippen molar-refractivity contribution >= 4 is 0 Å². The molecule has 2 aromatic rings. The molecule has 0 fully saturated rings. The monoisotopic (exact) mass is 275 g/mol. The van der Waals surface area contributed by atoms with E-state index in [1.807, 2.05) is 6.92 Å². The number of aromatic amines is 1. The number of aryl methyl sites for hydroxylation is 2. The van der Waals surface area contributed by atoms with Crippen molar-refractivity contribution < 1.29 is 4.39 Å². The van der Waals surface area contributed by atoms with E-state index in [9.17, 15) is 4.39 Å². The van der Waals surface area contributed by atoms with Crippen molar-refractivity contribution in [3.63, 3.8) is 0 Å². The molecule has 4 heteroatoms. The lowest BCUT2D eigenvalue weighted by Gasteiger charge is -1.98. The van der Waals surface area contributed by atoms with Crippen LogP contribution in [0.25, 0.3) is 11.3 Å². The van der Waals surface area contributed by atoms with E-state index in [1.54, 1.807) is 12.1 Å². The van der Waals surface area contributed by atoms with Crippen LogP contribution in [0.3, 0.4) is 0 Å². The molecule has 0 aliphatic carbocycles. The summed E-state index contributed by atoms with van der Waals surface area (Å²) in [5.74, 6) is 0.789. The van der Waals surface area contributed by atoms with E-state index < -0.39 is 0 Å². The molecule has 1 aromatic carbocycles. The van der Waals surface area contributed by atoms with Crippen LogP contribution in [0, 0.1) is 12.7 Å². The Labute approximate surface area is 119 Å². The van der Waals surface area contributed by atoms with Crippen LogP contribution in [0.2, 0.25) is 0 Å². The first kappa shape index (κ1) is 14.7. The third-order valence-electron chi connectivity index (χ3n) is 3.42. The van der Waals surface area contributed by atoms with Crippen LogP contribution in [0.15, 0.2) is 24.3 Å². The van der Waals surface area contributed by atoms with Crippen LogP contribution >= 0.6 is 0 Å². The van der Waals surface area contributed by atoms with Crippen LogP contribution < -0.4 is 5.73 Å². The quantitative estimate of drug-likeness (QED) is 0.759. The summed E-state index contributed by atoms with van der Waals surface area (Å²) in [6.45, 7) is 2.78. The predicted molar refractivity (Wildman–Crippen MR) is 79.9 cm³/mol. The molecular formula is C16H22FN3. The van der Waals surface area contributed by atoms with Gasteiger partial charge in [-0.1, -0.05) is 12.8 Å². The van der Waals surface area contributed by atoms with Gasteiger partial charge in [0.2, 0.25) is 0 Å². The Morgan fingerprint density at radius 3 is 2.50 bits per heavy atom. The zero-order valence-electron chi connectivity index (χ0n) is 12.0. The van der Waals surface area contributed by atoms with Gasteiger partial charge in [-0.15, -0.1) is 0 Å². The number of benzene rings is 1. The summed E-state index contributed by atoms with van der Waals surface area (Å²) in [6.07, 6.45) is 5.53. The molecule has 0 saturated carbocycles. The van der Waals surface area contributed by atoms with Gasteiger partial charge in [0, 0.05) is 17.7 Å². The fourth-order valence-electron chi connectivity index (χ4n) is 2.32. The average molecular weight is 275 g/mol. The minimum absolute atomic E-state index is 0.220. The molecule has 0 amide bonds. The van der Waals surface area contributed by atoms with Gasteiger partial charge in [-0.3, -0.25) is 0 Å². The van der Waals surface area contributed by atoms with Crippen molar-refractivity contribution in [2.24, 2.45) is 5.73 Å². The van der Waals surface area contributed by atoms with E-state index in [2.05, 4.69) is 9.97 Å². The maximum Gasteiger partial charge on any atom is 0.123 e. The van der Waals surface area contributed by atoms with Gasteiger partial charge in [-0.25, -0.2) is 9.37 Å². The summed E-state index contributed by atoms with van der Waals surface area (Å²) in [5.41, 5.74) is 8.38. The number of rotatable bonds is 7. The first-order chi connectivity index (χ1) is 9.70. The molecule has 0 atom stereocenters. The third kappa shape index (κ3) is 3.90. The second-order valence-corrected chi connectivity index (χ2v) is 5.12. The molecule has 0 bridgehead atoms. The predicted octanol–water partition coefficient (Wildman–Crippen LogP) is 3.59. The Kier molecular flexibility index (Phi) is 5.30. The standard InChI is InChI=1S/C16H22FN3/c1-12-16(13-7-9-14(17)10-8-13)20-15(19-12)6-4-2-3-5-11-18/h7-10H,2-6,11,18H2,1H3,(H,19,20). The van der Waals surface area contributed by atoms with Gasteiger partial charge in [-0.05, 0) is 50.6 Å². The van der Waals surface area contributed by atoms with E-state index in [0.717, 1.165) is 48.6 Å². The maximum absolute atomic E-state index is 12.9. The Hall–Kier alpha value is -1.68. The number of hydrogen-bond donors (Lipinski definition) is 2. The van der Waals surface area contributed by atoms with Gasteiger partial charge < -0.3 is 10.7 Å². The number of halogens is 1. The van der Waals surface area contributed by atoms with Crippen LogP contribution in [0.4, 0.5) is 4.39 Å². The van der Waals surface area contributed by atoms with Crippen molar-refractivity contribution in [2.75, 3.05) is 6.54 Å². The molecule has 0 aliphatic rings. The molecule has 0 aliphatic heterocycles. The van der Waals surface area contributed by atoms with Crippen molar-refractivity contribution in [3.8, 4) is 11.3 Å². The fraction of sp³-hybridized carbons (Fsp3) is 0.438. The van der Waals surface area contributed by atoms with E-state index >= 15 is 0 Å². The molecule has 0 radical (unpaired) electrons. The summed E-state index contributed by atoms with van der Waals surface area (Å²) >= 11 is 0. The van der Waals surface area contributed by atoms with Gasteiger partial charge in [0.05, 0.1) is 5.69 Å². The molecule has 3 nitrogen and oxygen atoms in total. The molecule has 0 spiro atoms. The van der Waals surface area contributed by atoms with Crippen molar-refractivity contribution in [1.29, 1.82) is 0 Å². The van der Waals surface area contributed by atoms with E-state index in [-0.39, 0.29) is 5.82 Å². The lowest BCUT2D eigenvalue weighted by Crippen LogP contribution is -1.98. The molecule has 0 unspecified atom stereocenters. The minimum Gasteiger partial charge on any atom is -0.346 e. The van der Waals surface area contributed by atoms with Crippen molar-refractivity contribution in [2.45, 2.75) is 39.0 Å². The summed E-state index contributed by atoms with van der Waals surface area (Å²) < 4.78 is 12.9. The van der Waals surface area contributed by atoms with E-state index in [0.29, 0.717) is 0 Å². The molecule has 0 saturated heterocycles. The first-order valence-corrected chi connectivity index (χ1v) is 7.22. The number of nitrogens with zero attached hydrogens (tertiary/aromatic N) is 1.